The minimum atomic E-state index is -0.417. The Morgan fingerprint density at radius 2 is 2.22 bits per heavy atom. The number of pyridine rings is 1. The zero-order valence-corrected chi connectivity index (χ0v) is 10.2. The van der Waals surface area contributed by atoms with Crippen LogP contribution in [0.25, 0.3) is 0 Å². The molecular formula is C12H16N4O2. The van der Waals surface area contributed by atoms with E-state index in [1.54, 1.807) is 23.2 Å². The summed E-state index contributed by atoms with van der Waals surface area (Å²) in [6.07, 6.45) is 3.15. The fourth-order valence-corrected chi connectivity index (χ4v) is 2.04. The number of carbonyl (C=O) groups excluding carboxylic acids is 2. The summed E-state index contributed by atoms with van der Waals surface area (Å²) in [6.45, 7) is 1.56. The zero-order valence-electron chi connectivity index (χ0n) is 10.2. The quantitative estimate of drug-likeness (QED) is 0.752. The summed E-state index contributed by atoms with van der Waals surface area (Å²) in [4.78, 5) is 30.9. The molecule has 1 aliphatic heterocycles. The number of hydrogen-bond acceptors (Lipinski definition) is 4. The first kappa shape index (κ1) is 12.5. The van der Waals surface area contributed by atoms with E-state index >= 15 is 0 Å². The Morgan fingerprint density at radius 3 is 2.83 bits per heavy atom. The topological polar surface area (TPSA) is 79.5 Å². The van der Waals surface area contributed by atoms with E-state index in [1.165, 1.54) is 6.20 Å². The van der Waals surface area contributed by atoms with Crippen LogP contribution in [0.5, 0.6) is 0 Å². The molecule has 1 aromatic rings. The van der Waals surface area contributed by atoms with Crippen molar-refractivity contribution in [1.29, 1.82) is 0 Å². The number of nitrogens with zero attached hydrogens (tertiary/aromatic N) is 3. The van der Waals surface area contributed by atoms with Gasteiger partial charge in [0.05, 0.1) is 5.56 Å². The van der Waals surface area contributed by atoms with E-state index in [2.05, 4.69) is 4.98 Å². The van der Waals surface area contributed by atoms with Crippen molar-refractivity contribution < 1.29 is 9.59 Å². The molecule has 1 aliphatic rings. The smallest absolute Gasteiger partial charge is 0.255 e. The molecule has 2 N–H and O–H groups in total. The van der Waals surface area contributed by atoms with Crippen LogP contribution in [-0.2, 0) is 4.79 Å². The van der Waals surface area contributed by atoms with Crippen molar-refractivity contribution in [2.24, 2.45) is 5.73 Å². The van der Waals surface area contributed by atoms with Gasteiger partial charge in [-0.1, -0.05) is 0 Å². The van der Waals surface area contributed by atoms with Crippen LogP contribution in [0.1, 0.15) is 10.4 Å². The van der Waals surface area contributed by atoms with Crippen LogP contribution in [-0.4, -0.2) is 59.3 Å². The fourth-order valence-electron chi connectivity index (χ4n) is 2.04. The van der Waals surface area contributed by atoms with E-state index in [0.717, 1.165) is 0 Å². The Kier molecular flexibility index (Phi) is 3.57. The lowest BCUT2D eigenvalue weighted by Crippen LogP contribution is -2.57. The van der Waals surface area contributed by atoms with Gasteiger partial charge in [-0.25, -0.2) is 0 Å². The van der Waals surface area contributed by atoms with E-state index < -0.39 is 11.9 Å². The number of rotatable bonds is 2. The highest BCUT2D eigenvalue weighted by Gasteiger charge is 2.31. The second-order valence-electron chi connectivity index (χ2n) is 4.39. The molecule has 0 bridgehead atoms. The lowest BCUT2D eigenvalue weighted by atomic mass is 10.1. The van der Waals surface area contributed by atoms with E-state index in [1.807, 2.05) is 11.9 Å². The van der Waals surface area contributed by atoms with Crippen LogP contribution in [0.4, 0.5) is 0 Å². The van der Waals surface area contributed by atoms with Crippen molar-refractivity contribution >= 4 is 11.8 Å². The number of primary amides is 1. The predicted octanol–water partition coefficient (Wildman–Crippen LogP) is -0.677. The summed E-state index contributed by atoms with van der Waals surface area (Å²) in [5, 5.41) is 0. The lowest BCUT2D eigenvalue weighted by Gasteiger charge is -2.37. The van der Waals surface area contributed by atoms with Crippen molar-refractivity contribution in [3.8, 4) is 0 Å². The van der Waals surface area contributed by atoms with Crippen molar-refractivity contribution in [3.05, 3.63) is 30.1 Å². The van der Waals surface area contributed by atoms with Crippen molar-refractivity contribution in [1.82, 2.24) is 14.8 Å². The van der Waals surface area contributed by atoms with Crippen LogP contribution in [0, 0.1) is 0 Å². The van der Waals surface area contributed by atoms with E-state index in [0.29, 0.717) is 25.2 Å². The minimum Gasteiger partial charge on any atom is -0.368 e. The van der Waals surface area contributed by atoms with Gasteiger partial charge in [-0.15, -0.1) is 0 Å². The maximum absolute atomic E-state index is 12.2. The average Bonchev–Trinajstić information content (AvgIpc) is 2.39. The number of likely N-dealkylation sites (N-methyl/N-ethyl adjacent to an activating group) is 1. The summed E-state index contributed by atoms with van der Waals surface area (Å²) in [5.74, 6) is -0.511. The third-order valence-electron chi connectivity index (χ3n) is 3.17. The van der Waals surface area contributed by atoms with Crippen molar-refractivity contribution in [2.45, 2.75) is 6.04 Å². The highest BCUT2D eigenvalue weighted by atomic mass is 16.2. The molecule has 0 aromatic carbocycles. The first-order valence-electron chi connectivity index (χ1n) is 5.78. The molecule has 0 spiro atoms. The van der Waals surface area contributed by atoms with Gasteiger partial charge in [0.25, 0.3) is 5.91 Å². The fraction of sp³-hybridized carbons (Fsp3) is 0.417. The number of hydrogen-bond donors (Lipinski definition) is 1. The summed E-state index contributed by atoms with van der Waals surface area (Å²) in [5.41, 5.74) is 5.86. The highest BCUT2D eigenvalue weighted by molar-refractivity contribution is 5.94. The van der Waals surface area contributed by atoms with Crippen molar-refractivity contribution in [2.75, 3.05) is 26.7 Å². The summed E-state index contributed by atoms with van der Waals surface area (Å²) < 4.78 is 0. The molecule has 1 atom stereocenters. The van der Waals surface area contributed by atoms with Crippen LogP contribution < -0.4 is 5.73 Å². The lowest BCUT2D eigenvalue weighted by molar-refractivity contribution is -0.124. The molecule has 2 rings (SSSR count). The molecule has 0 unspecified atom stereocenters. The van der Waals surface area contributed by atoms with Gasteiger partial charge in [-0.2, -0.15) is 0 Å². The Bertz CT molecular complexity index is 449. The SMILES string of the molecule is CN1CCN(C(=O)c2cccnc2)C[C@@H]1C(N)=O. The largest absolute Gasteiger partial charge is 0.368 e. The molecule has 96 valence electrons. The molecule has 18 heavy (non-hydrogen) atoms. The molecule has 6 heteroatoms. The van der Waals surface area contributed by atoms with Gasteiger partial charge in [0.2, 0.25) is 5.91 Å². The molecule has 0 radical (unpaired) electrons. The van der Waals surface area contributed by atoms with Crippen LogP contribution in [0.15, 0.2) is 24.5 Å². The third-order valence-corrected chi connectivity index (χ3v) is 3.17. The number of aromatic nitrogens is 1. The first-order chi connectivity index (χ1) is 8.59. The Labute approximate surface area is 105 Å². The maximum atomic E-state index is 12.2. The van der Waals surface area contributed by atoms with Gasteiger partial charge in [0.1, 0.15) is 6.04 Å². The predicted molar refractivity (Wildman–Crippen MR) is 65.8 cm³/mol. The standard InChI is InChI=1S/C12H16N4O2/c1-15-5-6-16(8-10(15)11(13)17)12(18)9-3-2-4-14-7-9/h2-4,7,10H,5-6,8H2,1H3,(H2,13,17)/t10-/m1/s1. The molecule has 2 heterocycles. The molecular weight excluding hydrogens is 232 g/mol. The Hall–Kier alpha value is -1.95. The molecule has 2 amide bonds. The molecule has 0 saturated carbocycles. The number of nitrogens with two attached hydrogens (primary N) is 1. The Balaban J connectivity index is 2.11. The monoisotopic (exact) mass is 248 g/mol. The second-order valence-corrected chi connectivity index (χ2v) is 4.39. The van der Waals surface area contributed by atoms with Gasteiger partial charge in [-0.3, -0.25) is 19.5 Å². The maximum Gasteiger partial charge on any atom is 0.255 e. The first-order valence-corrected chi connectivity index (χ1v) is 5.78. The third kappa shape index (κ3) is 2.48. The molecule has 1 fully saturated rings. The summed E-state index contributed by atoms with van der Waals surface area (Å²) >= 11 is 0. The number of piperazine rings is 1. The molecule has 0 aliphatic carbocycles. The normalized spacial score (nSPS) is 20.7. The molecule has 6 nitrogen and oxygen atoms in total. The Morgan fingerprint density at radius 1 is 1.44 bits per heavy atom. The molecule has 1 saturated heterocycles. The zero-order chi connectivity index (χ0) is 13.1. The van der Waals surface area contributed by atoms with E-state index in [4.69, 9.17) is 5.73 Å². The summed E-state index contributed by atoms with van der Waals surface area (Å²) in [7, 11) is 1.83. The van der Waals surface area contributed by atoms with E-state index in [9.17, 15) is 9.59 Å². The van der Waals surface area contributed by atoms with Crippen LogP contribution in [0.2, 0.25) is 0 Å². The van der Waals surface area contributed by atoms with Gasteiger partial charge in [-0.05, 0) is 19.2 Å². The van der Waals surface area contributed by atoms with Gasteiger partial charge < -0.3 is 10.6 Å². The van der Waals surface area contributed by atoms with Gasteiger partial charge in [0.15, 0.2) is 0 Å². The molecule has 1 aromatic heterocycles. The van der Waals surface area contributed by atoms with E-state index in [-0.39, 0.29) is 5.91 Å². The van der Waals surface area contributed by atoms with Gasteiger partial charge in [0, 0.05) is 32.0 Å². The van der Waals surface area contributed by atoms with Crippen LogP contribution in [0.3, 0.4) is 0 Å². The van der Waals surface area contributed by atoms with Crippen LogP contribution >= 0.6 is 0 Å². The number of carbonyl (C=O) groups is 2. The van der Waals surface area contributed by atoms with Gasteiger partial charge >= 0.3 is 0 Å². The average molecular weight is 248 g/mol. The minimum absolute atomic E-state index is 0.109. The van der Waals surface area contributed by atoms with Crippen molar-refractivity contribution in [3.63, 3.8) is 0 Å². The second kappa shape index (κ2) is 5.14. The summed E-state index contributed by atoms with van der Waals surface area (Å²) in [6, 6.07) is 3.02. The highest BCUT2D eigenvalue weighted by Crippen LogP contribution is 2.11. The number of amides is 2.